The van der Waals surface area contributed by atoms with Gasteiger partial charge in [0.15, 0.2) is 0 Å². The molecule has 6 nitrogen and oxygen atoms in total. The SMILES string of the molecule is O=C(NC[C@@H]1CN2CCC[C@H]2CO1)N[C@@H]1CCCOc2ccccc21. The van der Waals surface area contributed by atoms with Crippen LogP contribution in [0.5, 0.6) is 5.75 Å². The number of carbonyl (C=O) groups excluding carboxylic acids is 1. The van der Waals surface area contributed by atoms with E-state index in [1.54, 1.807) is 0 Å². The molecule has 2 fully saturated rings. The van der Waals surface area contributed by atoms with Crippen molar-refractivity contribution in [2.24, 2.45) is 0 Å². The number of carbonyl (C=O) groups is 1. The van der Waals surface area contributed by atoms with Crippen molar-refractivity contribution in [2.45, 2.75) is 43.9 Å². The maximum Gasteiger partial charge on any atom is 0.315 e. The highest BCUT2D eigenvalue weighted by molar-refractivity contribution is 5.74. The summed E-state index contributed by atoms with van der Waals surface area (Å²) in [6.07, 6.45) is 4.41. The van der Waals surface area contributed by atoms with Crippen LogP contribution >= 0.6 is 0 Å². The molecule has 0 unspecified atom stereocenters. The number of fused-ring (bicyclic) bond motifs is 2. The number of rotatable bonds is 3. The van der Waals surface area contributed by atoms with Crippen LogP contribution in [-0.4, -0.2) is 55.9 Å². The molecule has 0 radical (unpaired) electrons. The molecule has 0 aromatic heterocycles. The second-order valence-electron chi connectivity index (χ2n) is 7.18. The summed E-state index contributed by atoms with van der Waals surface area (Å²) in [7, 11) is 0. The minimum Gasteiger partial charge on any atom is -0.493 e. The maximum atomic E-state index is 12.4. The molecule has 0 spiro atoms. The molecule has 25 heavy (non-hydrogen) atoms. The number of benzene rings is 1. The Morgan fingerprint density at radius 1 is 1.24 bits per heavy atom. The lowest BCUT2D eigenvalue weighted by atomic mass is 10.0. The lowest BCUT2D eigenvalue weighted by Gasteiger charge is -2.35. The van der Waals surface area contributed by atoms with Crippen molar-refractivity contribution in [3.05, 3.63) is 29.8 Å². The molecule has 1 aromatic rings. The Hall–Kier alpha value is -1.79. The number of nitrogens with one attached hydrogen (secondary N) is 2. The second-order valence-corrected chi connectivity index (χ2v) is 7.18. The first-order valence-corrected chi connectivity index (χ1v) is 9.41. The number of amides is 2. The number of nitrogens with zero attached hydrogens (tertiary/aromatic N) is 1. The lowest BCUT2D eigenvalue weighted by molar-refractivity contribution is -0.0458. The monoisotopic (exact) mass is 345 g/mol. The number of urea groups is 1. The molecule has 0 aliphatic carbocycles. The molecular weight excluding hydrogens is 318 g/mol. The van der Waals surface area contributed by atoms with Crippen LogP contribution < -0.4 is 15.4 Å². The Balaban J connectivity index is 1.29. The van der Waals surface area contributed by atoms with Gasteiger partial charge < -0.3 is 20.1 Å². The van der Waals surface area contributed by atoms with Gasteiger partial charge in [0.25, 0.3) is 0 Å². The average Bonchev–Trinajstić information content (AvgIpc) is 3.01. The third-order valence-corrected chi connectivity index (χ3v) is 5.45. The van der Waals surface area contributed by atoms with Crippen LogP contribution in [-0.2, 0) is 4.74 Å². The predicted octanol–water partition coefficient (Wildman–Crippen LogP) is 2.06. The zero-order valence-corrected chi connectivity index (χ0v) is 14.6. The first kappa shape index (κ1) is 16.7. The Labute approximate surface area is 148 Å². The number of morpholine rings is 1. The number of hydrogen-bond acceptors (Lipinski definition) is 4. The molecule has 2 N–H and O–H groups in total. The summed E-state index contributed by atoms with van der Waals surface area (Å²) in [6.45, 7) is 4.13. The van der Waals surface area contributed by atoms with E-state index in [9.17, 15) is 4.79 Å². The van der Waals surface area contributed by atoms with E-state index in [1.165, 1.54) is 12.8 Å². The Kier molecular flexibility index (Phi) is 5.08. The normalized spacial score (nSPS) is 29.0. The minimum absolute atomic E-state index is 0.00561. The third kappa shape index (κ3) is 3.90. The quantitative estimate of drug-likeness (QED) is 0.880. The highest BCUT2D eigenvalue weighted by Crippen LogP contribution is 2.31. The summed E-state index contributed by atoms with van der Waals surface area (Å²) in [5.41, 5.74) is 1.06. The summed E-state index contributed by atoms with van der Waals surface area (Å²) >= 11 is 0. The van der Waals surface area contributed by atoms with Crippen LogP contribution in [0.4, 0.5) is 4.79 Å². The Bertz CT molecular complexity index is 609. The van der Waals surface area contributed by atoms with Crippen LogP contribution in [0.25, 0.3) is 0 Å². The van der Waals surface area contributed by atoms with Crippen molar-refractivity contribution in [1.82, 2.24) is 15.5 Å². The molecule has 3 heterocycles. The molecule has 2 amide bonds. The fourth-order valence-corrected chi connectivity index (χ4v) is 4.10. The van der Waals surface area contributed by atoms with Gasteiger partial charge >= 0.3 is 6.03 Å². The molecule has 6 heteroatoms. The molecule has 2 saturated heterocycles. The average molecular weight is 345 g/mol. The van der Waals surface area contributed by atoms with Gasteiger partial charge in [0.1, 0.15) is 5.75 Å². The van der Waals surface area contributed by atoms with E-state index < -0.39 is 0 Å². The fourth-order valence-electron chi connectivity index (χ4n) is 4.10. The minimum atomic E-state index is -0.131. The summed E-state index contributed by atoms with van der Waals surface area (Å²) in [6, 6.07) is 8.41. The second kappa shape index (κ2) is 7.62. The van der Waals surface area contributed by atoms with Crippen LogP contribution in [0.3, 0.4) is 0 Å². The highest BCUT2D eigenvalue weighted by Gasteiger charge is 2.32. The third-order valence-electron chi connectivity index (χ3n) is 5.45. The zero-order valence-electron chi connectivity index (χ0n) is 14.6. The van der Waals surface area contributed by atoms with Gasteiger partial charge in [-0.25, -0.2) is 4.79 Å². The lowest BCUT2D eigenvalue weighted by Crippen LogP contribution is -2.51. The van der Waals surface area contributed by atoms with Crippen LogP contribution in [0.2, 0.25) is 0 Å². The van der Waals surface area contributed by atoms with E-state index >= 15 is 0 Å². The van der Waals surface area contributed by atoms with Gasteiger partial charge in [-0.2, -0.15) is 0 Å². The Morgan fingerprint density at radius 2 is 2.16 bits per heavy atom. The molecule has 3 aliphatic rings. The molecule has 4 rings (SSSR count). The van der Waals surface area contributed by atoms with Crippen molar-refractivity contribution in [3.63, 3.8) is 0 Å². The molecule has 3 atom stereocenters. The van der Waals surface area contributed by atoms with E-state index in [-0.39, 0.29) is 18.2 Å². The molecule has 0 saturated carbocycles. The van der Waals surface area contributed by atoms with Crippen LogP contribution in [0.15, 0.2) is 24.3 Å². The molecular formula is C19H27N3O3. The van der Waals surface area contributed by atoms with Gasteiger partial charge in [-0.3, -0.25) is 4.90 Å². The molecule has 136 valence electrons. The standard InChI is InChI=1S/C19H27N3O3/c23-19(20-11-15-12-22-9-3-5-14(22)13-25-15)21-17-7-4-10-24-18-8-2-1-6-16(17)18/h1-2,6,8,14-15,17H,3-5,7,9-13H2,(H2,20,21,23)/t14-,15+,17+/m0/s1. The fraction of sp³-hybridized carbons (Fsp3) is 0.632. The van der Waals surface area contributed by atoms with Gasteiger partial charge in [0.2, 0.25) is 0 Å². The number of hydrogen-bond donors (Lipinski definition) is 2. The first-order valence-electron chi connectivity index (χ1n) is 9.41. The predicted molar refractivity (Wildman–Crippen MR) is 94.8 cm³/mol. The first-order chi connectivity index (χ1) is 12.3. The Morgan fingerprint density at radius 3 is 3.12 bits per heavy atom. The van der Waals surface area contributed by atoms with Gasteiger partial charge in [0, 0.05) is 24.7 Å². The summed E-state index contributed by atoms with van der Waals surface area (Å²) in [5.74, 6) is 0.876. The van der Waals surface area contributed by atoms with E-state index in [0.29, 0.717) is 19.2 Å². The topological polar surface area (TPSA) is 62.8 Å². The smallest absolute Gasteiger partial charge is 0.315 e. The molecule has 3 aliphatic heterocycles. The maximum absolute atomic E-state index is 12.4. The summed E-state index contributed by atoms with van der Waals surface area (Å²) in [5, 5.41) is 6.09. The molecule has 0 bridgehead atoms. The van der Waals surface area contributed by atoms with E-state index in [4.69, 9.17) is 9.47 Å². The van der Waals surface area contributed by atoms with E-state index in [2.05, 4.69) is 15.5 Å². The highest BCUT2D eigenvalue weighted by atomic mass is 16.5. The van der Waals surface area contributed by atoms with Gasteiger partial charge in [-0.15, -0.1) is 0 Å². The van der Waals surface area contributed by atoms with Gasteiger partial charge in [-0.1, -0.05) is 18.2 Å². The van der Waals surface area contributed by atoms with Crippen molar-refractivity contribution in [3.8, 4) is 5.75 Å². The summed E-state index contributed by atoms with van der Waals surface area (Å²) in [4.78, 5) is 14.9. The van der Waals surface area contributed by atoms with Gasteiger partial charge in [0.05, 0.1) is 25.4 Å². The van der Waals surface area contributed by atoms with Crippen molar-refractivity contribution >= 4 is 6.03 Å². The van der Waals surface area contributed by atoms with Crippen LogP contribution in [0, 0.1) is 0 Å². The summed E-state index contributed by atoms with van der Waals surface area (Å²) < 4.78 is 11.7. The van der Waals surface area contributed by atoms with E-state index in [0.717, 1.165) is 43.9 Å². The van der Waals surface area contributed by atoms with Crippen molar-refractivity contribution in [1.29, 1.82) is 0 Å². The molecule has 1 aromatic carbocycles. The van der Waals surface area contributed by atoms with Crippen LogP contribution in [0.1, 0.15) is 37.3 Å². The number of ether oxygens (including phenoxy) is 2. The largest absolute Gasteiger partial charge is 0.493 e. The van der Waals surface area contributed by atoms with Gasteiger partial charge in [-0.05, 0) is 38.3 Å². The van der Waals surface area contributed by atoms with Crippen molar-refractivity contribution < 1.29 is 14.3 Å². The van der Waals surface area contributed by atoms with Crippen molar-refractivity contribution in [2.75, 3.05) is 32.8 Å². The van der Waals surface area contributed by atoms with E-state index in [1.807, 2.05) is 24.3 Å². The zero-order chi connectivity index (χ0) is 17.1. The number of para-hydroxylation sites is 1.